The third-order valence-corrected chi connectivity index (χ3v) is 2.33. The third kappa shape index (κ3) is 2.60. The van der Waals surface area contributed by atoms with E-state index < -0.39 is 0 Å². The summed E-state index contributed by atoms with van der Waals surface area (Å²) >= 11 is 0. The van der Waals surface area contributed by atoms with Gasteiger partial charge in [0.1, 0.15) is 0 Å². The highest BCUT2D eigenvalue weighted by atomic mass is 16.3. The summed E-state index contributed by atoms with van der Waals surface area (Å²) in [5.74, 6) is -0.302. The molecule has 0 aliphatic heterocycles. The number of carbonyl (C=O) groups is 1. The van der Waals surface area contributed by atoms with Crippen molar-refractivity contribution in [3.05, 3.63) is 53.9 Å². The van der Waals surface area contributed by atoms with Crippen LogP contribution in [0.1, 0.15) is 15.9 Å². The lowest BCUT2D eigenvalue weighted by molar-refractivity contribution is 0.102. The second-order valence-corrected chi connectivity index (χ2v) is 3.72. The molecule has 0 atom stereocenters. The number of benzene rings is 1. The molecule has 0 fully saturated rings. The van der Waals surface area contributed by atoms with E-state index in [2.05, 4.69) is 10.3 Å². The quantitative estimate of drug-likeness (QED) is 0.829. The maximum Gasteiger partial charge on any atom is 0.255 e. The fourth-order valence-corrected chi connectivity index (χ4v) is 1.47. The largest absolute Gasteiger partial charge is 0.504 e. The fraction of sp³-hybridized carbons (Fsp3) is 0.0769. The molecule has 0 saturated heterocycles. The topological polar surface area (TPSA) is 62.2 Å². The Balaban J connectivity index is 2.20. The highest BCUT2D eigenvalue weighted by Gasteiger charge is 2.08. The van der Waals surface area contributed by atoms with Gasteiger partial charge in [0.15, 0.2) is 5.75 Å². The first-order chi connectivity index (χ1) is 8.16. The molecule has 1 aromatic heterocycles. The van der Waals surface area contributed by atoms with Gasteiger partial charge in [0.25, 0.3) is 5.91 Å². The Bertz CT molecular complexity index is 553. The third-order valence-electron chi connectivity index (χ3n) is 2.33. The van der Waals surface area contributed by atoms with Crippen LogP contribution in [0.5, 0.6) is 5.75 Å². The summed E-state index contributed by atoms with van der Waals surface area (Å²) in [5, 5.41) is 12.1. The number of carbonyl (C=O) groups excluding carboxylic acids is 1. The van der Waals surface area contributed by atoms with Gasteiger partial charge in [-0.2, -0.15) is 0 Å². The van der Waals surface area contributed by atoms with E-state index in [1.165, 1.54) is 12.4 Å². The van der Waals surface area contributed by atoms with Crippen LogP contribution in [0.25, 0.3) is 0 Å². The minimum absolute atomic E-state index is 0.0477. The molecule has 17 heavy (non-hydrogen) atoms. The highest BCUT2D eigenvalue weighted by molar-refractivity contribution is 6.05. The Kier molecular flexibility index (Phi) is 3.05. The number of nitrogens with zero attached hydrogens (tertiary/aromatic N) is 1. The summed E-state index contributed by atoms with van der Waals surface area (Å²) in [4.78, 5) is 15.6. The fourth-order valence-electron chi connectivity index (χ4n) is 1.47. The van der Waals surface area contributed by atoms with E-state index in [1.54, 1.807) is 18.2 Å². The number of anilines is 1. The first-order valence-corrected chi connectivity index (χ1v) is 5.18. The van der Waals surface area contributed by atoms with E-state index in [1.807, 2.05) is 19.1 Å². The van der Waals surface area contributed by atoms with Crippen molar-refractivity contribution in [2.24, 2.45) is 0 Å². The van der Waals surface area contributed by atoms with Gasteiger partial charge in [-0.15, -0.1) is 0 Å². The monoisotopic (exact) mass is 228 g/mol. The van der Waals surface area contributed by atoms with Crippen molar-refractivity contribution in [1.29, 1.82) is 0 Å². The van der Waals surface area contributed by atoms with Crippen LogP contribution in [0, 0.1) is 6.92 Å². The predicted molar refractivity (Wildman–Crippen MR) is 65.0 cm³/mol. The van der Waals surface area contributed by atoms with Crippen LogP contribution in [0.2, 0.25) is 0 Å². The van der Waals surface area contributed by atoms with Gasteiger partial charge in [-0.3, -0.25) is 9.78 Å². The SMILES string of the molecule is Cc1cccc(C(=O)Nc2ccncc2O)c1. The van der Waals surface area contributed by atoms with Gasteiger partial charge >= 0.3 is 0 Å². The lowest BCUT2D eigenvalue weighted by atomic mass is 10.1. The van der Waals surface area contributed by atoms with Crippen molar-refractivity contribution < 1.29 is 9.90 Å². The second kappa shape index (κ2) is 4.65. The first kappa shape index (κ1) is 11.1. The number of aromatic hydroxyl groups is 1. The summed E-state index contributed by atoms with van der Waals surface area (Å²) in [6, 6.07) is 8.79. The number of rotatable bonds is 2. The maximum atomic E-state index is 11.9. The number of aryl methyl sites for hydroxylation is 1. The molecule has 0 aliphatic carbocycles. The van der Waals surface area contributed by atoms with Crippen LogP contribution < -0.4 is 5.32 Å². The van der Waals surface area contributed by atoms with Crippen molar-refractivity contribution in [3.63, 3.8) is 0 Å². The Labute approximate surface area is 98.9 Å². The molecule has 0 radical (unpaired) electrons. The Morgan fingerprint density at radius 2 is 2.18 bits per heavy atom. The molecular weight excluding hydrogens is 216 g/mol. The van der Waals surface area contributed by atoms with Gasteiger partial charge in [-0.05, 0) is 25.1 Å². The van der Waals surface area contributed by atoms with Gasteiger partial charge in [0, 0.05) is 11.8 Å². The van der Waals surface area contributed by atoms with Gasteiger partial charge in [0.2, 0.25) is 0 Å². The molecular formula is C13H12N2O2. The predicted octanol–water partition coefficient (Wildman–Crippen LogP) is 2.35. The summed E-state index contributed by atoms with van der Waals surface area (Å²) < 4.78 is 0. The van der Waals surface area contributed by atoms with Crippen molar-refractivity contribution >= 4 is 11.6 Å². The molecule has 0 bridgehead atoms. The van der Waals surface area contributed by atoms with Crippen LogP contribution in [-0.4, -0.2) is 16.0 Å². The summed E-state index contributed by atoms with van der Waals surface area (Å²) in [6.07, 6.45) is 2.79. The number of hydrogen-bond donors (Lipinski definition) is 2. The Morgan fingerprint density at radius 3 is 2.88 bits per heavy atom. The molecule has 2 rings (SSSR count). The number of aromatic nitrogens is 1. The normalized spacial score (nSPS) is 9.94. The number of amides is 1. The lowest BCUT2D eigenvalue weighted by Crippen LogP contribution is -2.12. The minimum Gasteiger partial charge on any atom is -0.504 e. The minimum atomic E-state index is -0.254. The van der Waals surface area contributed by atoms with Crippen molar-refractivity contribution in [3.8, 4) is 5.75 Å². The Morgan fingerprint density at radius 1 is 1.35 bits per heavy atom. The van der Waals surface area contributed by atoms with Crippen LogP contribution in [0.4, 0.5) is 5.69 Å². The number of hydrogen-bond acceptors (Lipinski definition) is 3. The highest BCUT2D eigenvalue weighted by Crippen LogP contribution is 2.20. The zero-order valence-electron chi connectivity index (χ0n) is 9.34. The molecule has 86 valence electrons. The molecule has 2 aromatic rings. The first-order valence-electron chi connectivity index (χ1n) is 5.18. The van der Waals surface area contributed by atoms with Crippen LogP contribution in [-0.2, 0) is 0 Å². The molecule has 0 spiro atoms. The second-order valence-electron chi connectivity index (χ2n) is 3.72. The smallest absolute Gasteiger partial charge is 0.255 e. The van der Waals surface area contributed by atoms with E-state index in [4.69, 9.17) is 0 Å². The molecule has 0 unspecified atom stereocenters. The molecule has 4 nitrogen and oxygen atoms in total. The van der Waals surface area contributed by atoms with E-state index in [-0.39, 0.29) is 11.7 Å². The molecule has 0 aliphatic rings. The number of pyridine rings is 1. The van der Waals surface area contributed by atoms with Crippen LogP contribution in [0.3, 0.4) is 0 Å². The van der Waals surface area contributed by atoms with Crippen LogP contribution >= 0.6 is 0 Å². The molecule has 1 amide bonds. The van der Waals surface area contributed by atoms with E-state index in [0.717, 1.165) is 5.56 Å². The average Bonchev–Trinajstić information content (AvgIpc) is 2.32. The van der Waals surface area contributed by atoms with Crippen molar-refractivity contribution in [2.75, 3.05) is 5.32 Å². The Hall–Kier alpha value is -2.36. The van der Waals surface area contributed by atoms with Gasteiger partial charge < -0.3 is 10.4 Å². The van der Waals surface area contributed by atoms with Gasteiger partial charge in [-0.25, -0.2) is 0 Å². The van der Waals surface area contributed by atoms with Crippen LogP contribution in [0.15, 0.2) is 42.7 Å². The summed E-state index contributed by atoms with van der Waals surface area (Å²) in [5.41, 5.74) is 1.92. The van der Waals surface area contributed by atoms with Crippen molar-refractivity contribution in [2.45, 2.75) is 6.92 Å². The lowest BCUT2D eigenvalue weighted by Gasteiger charge is -2.06. The summed E-state index contributed by atoms with van der Waals surface area (Å²) in [6.45, 7) is 1.92. The van der Waals surface area contributed by atoms with Crippen molar-refractivity contribution in [1.82, 2.24) is 4.98 Å². The summed E-state index contributed by atoms with van der Waals surface area (Å²) in [7, 11) is 0. The molecule has 2 N–H and O–H groups in total. The zero-order valence-corrected chi connectivity index (χ0v) is 9.34. The van der Waals surface area contributed by atoms with E-state index >= 15 is 0 Å². The van der Waals surface area contributed by atoms with Gasteiger partial charge in [-0.1, -0.05) is 17.7 Å². The van der Waals surface area contributed by atoms with E-state index in [0.29, 0.717) is 11.3 Å². The average molecular weight is 228 g/mol. The maximum absolute atomic E-state index is 11.9. The molecule has 0 saturated carbocycles. The molecule has 1 heterocycles. The molecule has 1 aromatic carbocycles. The number of nitrogens with one attached hydrogen (secondary N) is 1. The van der Waals surface area contributed by atoms with E-state index in [9.17, 15) is 9.90 Å². The zero-order chi connectivity index (χ0) is 12.3. The molecule has 4 heteroatoms. The van der Waals surface area contributed by atoms with Gasteiger partial charge in [0.05, 0.1) is 11.9 Å². The standard InChI is InChI=1S/C13H12N2O2/c1-9-3-2-4-10(7-9)13(17)15-11-5-6-14-8-12(11)16/h2-8,16H,1H3,(H,14,15,17).